The SMILES string of the molecule is C#Cc1c(F)ccc2cc(O)cc(-c3nc(OC)c4c(N5CCC[C@@](C)(O)C5)nc(OC[C@]56CCC[C@H]5N(CC)CCC6)nc4c3F)c12. The van der Waals surface area contributed by atoms with Gasteiger partial charge in [0.05, 0.1) is 24.9 Å². The molecule has 3 fully saturated rings. The van der Waals surface area contributed by atoms with Crippen LogP contribution >= 0.6 is 0 Å². The fourth-order valence-corrected chi connectivity index (χ4v) is 8.48. The van der Waals surface area contributed by atoms with E-state index in [9.17, 15) is 14.6 Å². The number of likely N-dealkylation sites (tertiary alicyclic amines) is 1. The summed E-state index contributed by atoms with van der Waals surface area (Å²) in [5.41, 5.74) is -1.34. The smallest absolute Gasteiger partial charge is 0.319 e. The van der Waals surface area contributed by atoms with E-state index in [-0.39, 0.29) is 62.7 Å². The summed E-state index contributed by atoms with van der Waals surface area (Å²) in [7, 11) is 1.42. The Balaban J connectivity index is 1.42. The van der Waals surface area contributed by atoms with Gasteiger partial charge in [0.25, 0.3) is 0 Å². The number of nitrogens with zero attached hydrogens (tertiary/aromatic N) is 5. The third-order valence-electron chi connectivity index (χ3n) is 10.6. The van der Waals surface area contributed by atoms with E-state index in [0.29, 0.717) is 43.2 Å². The van der Waals surface area contributed by atoms with E-state index in [1.54, 1.807) is 6.92 Å². The highest BCUT2D eigenvalue weighted by Crippen LogP contribution is 2.48. The van der Waals surface area contributed by atoms with E-state index in [4.69, 9.17) is 20.9 Å². The zero-order valence-electron chi connectivity index (χ0n) is 27.7. The summed E-state index contributed by atoms with van der Waals surface area (Å²) in [6.45, 7) is 7.23. The second kappa shape index (κ2) is 12.3. The summed E-state index contributed by atoms with van der Waals surface area (Å²) in [6.07, 6.45) is 12.4. The van der Waals surface area contributed by atoms with Gasteiger partial charge in [-0.3, -0.25) is 4.90 Å². The number of hydrogen-bond acceptors (Lipinski definition) is 9. The van der Waals surface area contributed by atoms with Crippen LogP contribution in [-0.4, -0.2) is 81.6 Å². The van der Waals surface area contributed by atoms with Crippen molar-refractivity contribution in [2.45, 2.75) is 70.4 Å². The van der Waals surface area contributed by atoms with Gasteiger partial charge in [-0.1, -0.05) is 25.3 Å². The second-order valence-corrected chi connectivity index (χ2v) is 13.8. The van der Waals surface area contributed by atoms with Crippen LogP contribution in [-0.2, 0) is 0 Å². The highest BCUT2D eigenvalue weighted by atomic mass is 19.1. The number of terminal acetylenes is 1. The van der Waals surface area contributed by atoms with Crippen molar-refractivity contribution in [1.29, 1.82) is 0 Å². The van der Waals surface area contributed by atoms with E-state index < -0.39 is 17.2 Å². The molecule has 0 unspecified atom stereocenters. The van der Waals surface area contributed by atoms with Crippen LogP contribution in [0.2, 0.25) is 0 Å². The van der Waals surface area contributed by atoms with Crippen LogP contribution in [0.1, 0.15) is 64.4 Å². The zero-order valence-corrected chi connectivity index (χ0v) is 27.7. The molecule has 2 saturated heterocycles. The van der Waals surface area contributed by atoms with E-state index >= 15 is 4.39 Å². The number of halogens is 2. The molecule has 0 amide bonds. The van der Waals surface area contributed by atoms with Crippen molar-refractivity contribution in [1.82, 2.24) is 19.9 Å². The summed E-state index contributed by atoms with van der Waals surface area (Å²) >= 11 is 0. The third kappa shape index (κ3) is 5.45. The Bertz CT molecular complexity index is 1950. The number of pyridine rings is 1. The first-order valence-electron chi connectivity index (χ1n) is 16.8. The molecule has 2 aliphatic heterocycles. The molecule has 0 spiro atoms. The number of β-amino-alcohol motifs (C(OH)–C–C–N with tert-alkyl or cyclic N) is 1. The van der Waals surface area contributed by atoms with Crippen molar-refractivity contribution >= 4 is 27.5 Å². The van der Waals surface area contributed by atoms with Gasteiger partial charge >= 0.3 is 6.01 Å². The predicted octanol–water partition coefficient (Wildman–Crippen LogP) is 6.20. The Hall–Kier alpha value is -4.27. The van der Waals surface area contributed by atoms with Gasteiger partial charge in [0, 0.05) is 35.5 Å². The Labute approximate surface area is 278 Å². The third-order valence-corrected chi connectivity index (χ3v) is 10.6. The second-order valence-electron chi connectivity index (χ2n) is 13.8. The lowest BCUT2D eigenvalue weighted by atomic mass is 9.75. The van der Waals surface area contributed by atoms with Crippen molar-refractivity contribution in [3.8, 4) is 41.2 Å². The van der Waals surface area contributed by atoms with Gasteiger partial charge in [-0.2, -0.15) is 9.97 Å². The molecular weight excluding hydrogens is 616 g/mol. The number of phenols is 1. The number of rotatable bonds is 7. The molecule has 0 radical (unpaired) electrons. The molecule has 0 bridgehead atoms. The average molecular weight is 658 g/mol. The van der Waals surface area contributed by atoms with E-state index in [2.05, 4.69) is 27.7 Å². The molecule has 3 aliphatic rings. The first-order valence-corrected chi connectivity index (χ1v) is 16.8. The van der Waals surface area contributed by atoms with Crippen LogP contribution in [0.5, 0.6) is 17.6 Å². The quantitative estimate of drug-likeness (QED) is 0.225. The van der Waals surface area contributed by atoms with Crippen molar-refractivity contribution in [2.75, 3.05) is 44.8 Å². The van der Waals surface area contributed by atoms with Gasteiger partial charge in [-0.15, -0.1) is 6.42 Å². The number of methoxy groups -OCH3 is 1. The maximum Gasteiger partial charge on any atom is 0.319 e. The molecule has 9 nitrogen and oxygen atoms in total. The molecule has 3 atom stereocenters. The Kier molecular flexibility index (Phi) is 8.28. The summed E-state index contributed by atoms with van der Waals surface area (Å²) < 4.78 is 44.3. The normalized spacial score (nSPS) is 24.5. The summed E-state index contributed by atoms with van der Waals surface area (Å²) in [5.74, 6) is 1.10. The van der Waals surface area contributed by atoms with Gasteiger partial charge in [0.2, 0.25) is 5.88 Å². The number of aromatic nitrogens is 3. The van der Waals surface area contributed by atoms with Crippen molar-refractivity contribution < 1.29 is 28.5 Å². The minimum atomic E-state index is -0.992. The topological polar surface area (TPSA) is 104 Å². The summed E-state index contributed by atoms with van der Waals surface area (Å²) in [5, 5.41) is 22.5. The number of anilines is 1. The zero-order chi connectivity index (χ0) is 33.8. The van der Waals surface area contributed by atoms with E-state index in [0.717, 1.165) is 45.2 Å². The molecule has 1 aliphatic carbocycles. The number of phenolic OH excluding ortho intramolecular Hbond substituents is 1. The number of ether oxygens (including phenoxy) is 2. The van der Waals surface area contributed by atoms with Crippen LogP contribution in [0.4, 0.5) is 14.6 Å². The monoisotopic (exact) mass is 657 g/mol. The van der Waals surface area contributed by atoms with Crippen LogP contribution in [0.15, 0.2) is 24.3 Å². The molecule has 2 N–H and O–H groups in total. The van der Waals surface area contributed by atoms with Gasteiger partial charge in [-0.05, 0) is 82.1 Å². The minimum absolute atomic E-state index is 0.0191. The molecule has 7 rings (SSSR count). The maximum atomic E-state index is 17.1. The largest absolute Gasteiger partial charge is 0.508 e. The molecule has 2 aromatic carbocycles. The Morgan fingerprint density at radius 1 is 1.06 bits per heavy atom. The molecule has 11 heteroatoms. The average Bonchev–Trinajstić information content (AvgIpc) is 3.51. The number of benzene rings is 2. The van der Waals surface area contributed by atoms with E-state index in [1.165, 1.54) is 31.4 Å². The standard InChI is InChI=1S/C37H41F2N5O4/c1-5-24-26(38)12-11-22-18-23(45)19-25(28(22)24)31-30(39)32-29(34(40-31)47-4)33(44-17-8-13-36(3,46)20-44)42-35(41-32)48-21-37-14-7-10-27(37)43(6-2)16-9-15-37/h1,11-12,18-19,27,45-46H,6-10,13-17,20-21H2,2-4H3/t27-,36-,37-/m1/s1. The highest BCUT2D eigenvalue weighted by Gasteiger charge is 2.48. The van der Waals surface area contributed by atoms with Crippen LogP contribution in [0.25, 0.3) is 32.9 Å². The molecule has 48 heavy (non-hydrogen) atoms. The van der Waals surface area contributed by atoms with Crippen LogP contribution in [0, 0.1) is 29.4 Å². The highest BCUT2D eigenvalue weighted by molar-refractivity contribution is 6.04. The Morgan fingerprint density at radius 3 is 2.60 bits per heavy atom. The summed E-state index contributed by atoms with van der Waals surface area (Å²) in [6, 6.07) is 5.85. The van der Waals surface area contributed by atoms with Crippen molar-refractivity contribution in [3.05, 3.63) is 41.5 Å². The van der Waals surface area contributed by atoms with Crippen LogP contribution in [0.3, 0.4) is 0 Å². The number of piperidine rings is 2. The lowest BCUT2D eigenvalue weighted by molar-refractivity contribution is 0.00244. The molecule has 4 heterocycles. The Morgan fingerprint density at radius 2 is 1.85 bits per heavy atom. The number of aromatic hydroxyl groups is 1. The van der Waals surface area contributed by atoms with Gasteiger partial charge in [-0.25, -0.2) is 13.8 Å². The summed E-state index contributed by atoms with van der Waals surface area (Å²) in [4.78, 5) is 18.5. The maximum absolute atomic E-state index is 17.1. The predicted molar refractivity (Wildman–Crippen MR) is 180 cm³/mol. The molecule has 252 valence electrons. The molecule has 1 saturated carbocycles. The number of aliphatic hydroxyl groups is 1. The van der Waals surface area contributed by atoms with Gasteiger partial charge in [0.1, 0.15) is 34.0 Å². The number of hydrogen-bond donors (Lipinski definition) is 2. The first-order chi connectivity index (χ1) is 23.1. The van der Waals surface area contributed by atoms with Crippen LogP contribution < -0.4 is 14.4 Å². The molecular formula is C37H41F2N5O4. The fraction of sp³-hybridized carbons (Fsp3) is 0.486. The fourth-order valence-electron chi connectivity index (χ4n) is 8.48. The van der Waals surface area contributed by atoms with E-state index in [1.807, 2.05) is 4.90 Å². The minimum Gasteiger partial charge on any atom is -0.508 e. The van der Waals surface area contributed by atoms with Crippen molar-refractivity contribution in [3.63, 3.8) is 0 Å². The molecule has 4 aromatic rings. The number of fused-ring (bicyclic) bond motifs is 3. The van der Waals surface area contributed by atoms with Gasteiger partial charge < -0.3 is 24.6 Å². The van der Waals surface area contributed by atoms with Gasteiger partial charge in [0.15, 0.2) is 5.82 Å². The lowest BCUT2D eigenvalue weighted by Gasteiger charge is -2.45. The first kappa shape index (κ1) is 32.3. The molecule has 2 aromatic heterocycles. The van der Waals surface area contributed by atoms with Crippen molar-refractivity contribution in [2.24, 2.45) is 5.41 Å². The lowest BCUT2D eigenvalue weighted by Crippen LogP contribution is -2.51.